The van der Waals surface area contributed by atoms with Gasteiger partial charge in [-0.25, -0.2) is 4.79 Å². The molecule has 1 fully saturated rings. The van der Waals surface area contributed by atoms with Gasteiger partial charge in [-0.1, -0.05) is 6.42 Å². The number of aromatic nitrogens is 3. The normalized spacial score (nSPS) is 19.2. The molecule has 3 heterocycles. The van der Waals surface area contributed by atoms with Crippen molar-refractivity contribution in [1.82, 2.24) is 19.7 Å². The number of benzene rings is 1. The number of esters is 1. The van der Waals surface area contributed by atoms with Crippen LogP contribution < -0.4 is 5.32 Å². The fourth-order valence-electron chi connectivity index (χ4n) is 4.35. The molecule has 160 valence electrons. The Morgan fingerprint density at radius 1 is 1.10 bits per heavy atom. The van der Waals surface area contributed by atoms with Crippen LogP contribution in [0, 0.1) is 0 Å². The second-order valence-electron chi connectivity index (χ2n) is 7.91. The molecule has 1 N–H and O–H groups in total. The second-order valence-corrected chi connectivity index (χ2v) is 7.91. The molecule has 2 aliphatic rings. The Hall–Kier alpha value is -2.74. The summed E-state index contributed by atoms with van der Waals surface area (Å²) >= 11 is 0. The number of rotatable bonds is 6. The predicted molar refractivity (Wildman–Crippen MR) is 112 cm³/mol. The zero-order valence-corrected chi connectivity index (χ0v) is 17.5. The Bertz CT molecular complexity index is 893. The highest BCUT2D eigenvalue weighted by molar-refractivity contribution is 5.94. The summed E-state index contributed by atoms with van der Waals surface area (Å²) in [5.41, 5.74) is 1.14. The van der Waals surface area contributed by atoms with Crippen molar-refractivity contribution in [3.63, 3.8) is 0 Å². The van der Waals surface area contributed by atoms with E-state index in [0.29, 0.717) is 24.4 Å². The molecule has 2 aliphatic heterocycles. The summed E-state index contributed by atoms with van der Waals surface area (Å²) in [4.78, 5) is 26.6. The zero-order chi connectivity index (χ0) is 20.9. The molecule has 8 nitrogen and oxygen atoms in total. The van der Waals surface area contributed by atoms with Crippen LogP contribution >= 0.6 is 0 Å². The van der Waals surface area contributed by atoms with E-state index in [1.54, 1.807) is 31.2 Å². The SMILES string of the molecule is CCOC(=O)c1ccc(NC(=O)CN2CCCC2c2nnc3n2CCCCC3)cc1. The van der Waals surface area contributed by atoms with Gasteiger partial charge in [-0.15, -0.1) is 10.2 Å². The maximum Gasteiger partial charge on any atom is 0.338 e. The van der Waals surface area contributed by atoms with Crippen LogP contribution in [0.1, 0.15) is 67.1 Å². The molecule has 0 saturated carbocycles. The summed E-state index contributed by atoms with van der Waals surface area (Å²) in [7, 11) is 0. The fraction of sp³-hybridized carbons (Fsp3) is 0.545. The van der Waals surface area contributed by atoms with Crippen molar-refractivity contribution in [3.05, 3.63) is 41.5 Å². The van der Waals surface area contributed by atoms with E-state index < -0.39 is 0 Å². The molecule has 4 rings (SSSR count). The summed E-state index contributed by atoms with van der Waals surface area (Å²) in [5.74, 6) is 1.67. The summed E-state index contributed by atoms with van der Waals surface area (Å²) in [6.45, 7) is 4.27. The largest absolute Gasteiger partial charge is 0.462 e. The van der Waals surface area contributed by atoms with Gasteiger partial charge < -0.3 is 14.6 Å². The maximum atomic E-state index is 12.7. The number of fused-ring (bicyclic) bond motifs is 1. The average molecular weight is 412 g/mol. The van der Waals surface area contributed by atoms with E-state index in [0.717, 1.165) is 50.4 Å². The lowest BCUT2D eigenvalue weighted by Crippen LogP contribution is -2.34. The first-order valence-electron chi connectivity index (χ1n) is 10.9. The monoisotopic (exact) mass is 411 g/mol. The lowest BCUT2D eigenvalue weighted by atomic mass is 10.2. The van der Waals surface area contributed by atoms with Crippen molar-refractivity contribution in [1.29, 1.82) is 0 Å². The molecule has 1 saturated heterocycles. The smallest absolute Gasteiger partial charge is 0.338 e. The van der Waals surface area contributed by atoms with Gasteiger partial charge in [0.15, 0.2) is 0 Å². The second kappa shape index (κ2) is 9.38. The molecule has 1 unspecified atom stereocenters. The third-order valence-corrected chi connectivity index (χ3v) is 5.83. The Morgan fingerprint density at radius 2 is 1.93 bits per heavy atom. The number of nitrogens with zero attached hydrogens (tertiary/aromatic N) is 4. The number of ether oxygens (including phenoxy) is 1. The molecule has 1 amide bonds. The summed E-state index contributed by atoms with van der Waals surface area (Å²) < 4.78 is 7.27. The number of anilines is 1. The summed E-state index contributed by atoms with van der Waals surface area (Å²) in [6.07, 6.45) is 6.60. The predicted octanol–water partition coefficient (Wildman–Crippen LogP) is 2.96. The van der Waals surface area contributed by atoms with E-state index in [4.69, 9.17) is 4.74 Å². The number of nitrogens with one attached hydrogen (secondary N) is 1. The van der Waals surface area contributed by atoms with Gasteiger partial charge in [0, 0.05) is 18.7 Å². The molecule has 0 aliphatic carbocycles. The average Bonchev–Trinajstić information content (AvgIpc) is 3.28. The quantitative estimate of drug-likeness (QED) is 0.735. The van der Waals surface area contributed by atoms with Crippen molar-refractivity contribution in [2.45, 2.75) is 58.0 Å². The van der Waals surface area contributed by atoms with Crippen molar-refractivity contribution in [2.75, 3.05) is 25.0 Å². The molecule has 8 heteroatoms. The van der Waals surface area contributed by atoms with Crippen molar-refractivity contribution < 1.29 is 14.3 Å². The highest BCUT2D eigenvalue weighted by Gasteiger charge is 2.32. The molecular formula is C22H29N5O3. The fourth-order valence-corrected chi connectivity index (χ4v) is 4.35. The first-order valence-corrected chi connectivity index (χ1v) is 10.9. The number of likely N-dealkylation sites (tertiary alicyclic amines) is 1. The van der Waals surface area contributed by atoms with Gasteiger partial charge in [0.05, 0.1) is 24.8 Å². The lowest BCUT2D eigenvalue weighted by molar-refractivity contribution is -0.117. The van der Waals surface area contributed by atoms with Crippen LogP contribution in [0.2, 0.25) is 0 Å². The number of carbonyl (C=O) groups excluding carboxylic acids is 2. The van der Waals surface area contributed by atoms with E-state index in [1.807, 2.05) is 0 Å². The van der Waals surface area contributed by atoms with Crippen LogP contribution in [0.25, 0.3) is 0 Å². The van der Waals surface area contributed by atoms with E-state index in [1.165, 1.54) is 12.8 Å². The molecular weight excluding hydrogens is 382 g/mol. The maximum absolute atomic E-state index is 12.7. The third kappa shape index (κ3) is 4.53. The van der Waals surface area contributed by atoms with Crippen LogP contribution in [0.15, 0.2) is 24.3 Å². The standard InChI is InChI=1S/C22H29N5O3/c1-2-30-22(29)16-9-11-17(12-10-16)23-20(28)15-26-13-6-7-18(26)21-25-24-19-8-4-3-5-14-27(19)21/h9-12,18H,2-8,13-15H2,1H3,(H,23,28). The van der Waals surface area contributed by atoms with Gasteiger partial charge >= 0.3 is 5.97 Å². The Morgan fingerprint density at radius 3 is 2.73 bits per heavy atom. The van der Waals surface area contributed by atoms with Crippen LogP contribution in [0.3, 0.4) is 0 Å². The van der Waals surface area contributed by atoms with E-state index in [2.05, 4.69) is 25.0 Å². The molecule has 0 spiro atoms. The van der Waals surface area contributed by atoms with Crippen LogP contribution in [0.4, 0.5) is 5.69 Å². The Labute approximate surface area is 176 Å². The highest BCUT2D eigenvalue weighted by Crippen LogP contribution is 2.32. The number of amides is 1. The zero-order valence-electron chi connectivity index (χ0n) is 17.5. The van der Waals surface area contributed by atoms with E-state index >= 15 is 0 Å². The Balaban J connectivity index is 1.38. The van der Waals surface area contributed by atoms with Crippen molar-refractivity contribution in [3.8, 4) is 0 Å². The summed E-state index contributed by atoms with van der Waals surface area (Å²) in [5, 5.41) is 11.9. The third-order valence-electron chi connectivity index (χ3n) is 5.83. The van der Waals surface area contributed by atoms with Crippen molar-refractivity contribution in [2.24, 2.45) is 0 Å². The van der Waals surface area contributed by atoms with Gasteiger partial charge in [-0.3, -0.25) is 9.69 Å². The number of hydrogen-bond donors (Lipinski definition) is 1. The van der Waals surface area contributed by atoms with E-state index in [-0.39, 0.29) is 17.9 Å². The first kappa shape index (κ1) is 20.5. The van der Waals surface area contributed by atoms with Gasteiger partial charge in [-0.2, -0.15) is 0 Å². The number of carbonyl (C=O) groups is 2. The van der Waals surface area contributed by atoms with E-state index in [9.17, 15) is 9.59 Å². The summed E-state index contributed by atoms with van der Waals surface area (Å²) in [6, 6.07) is 6.92. The van der Waals surface area contributed by atoms with Gasteiger partial charge in [0.1, 0.15) is 11.6 Å². The minimum absolute atomic E-state index is 0.0682. The molecule has 1 aromatic heterocycles. The number of hydrogen-bond acceptors (Lipinski definition) is 6. The van der Waals surface area contributed by atoms with Crippen LogP contribution in [-0.4, -0.2) is 51.2 Å². The lowest BCUT2D eigenvalue weighted by Gasteiger charge is -2.24. The molecule has 30 heavy (non-hydrogen) atoms. The van der Waals surface area contributed by atoms with Gasteiger partial charge in [-0.05, 0) is 63.4 Å². The Kier molecular flexibility index (Phi) is 6.42. The molecule has 2 aromatic rings. The number of aryl methyl sites for hydroxylation is 1. The van der Waals surface area contributed by atoms with Crippen LogP contribution in [-0.2, 0) is 22.5 Å². The molecule has 0 radical (unpaired) electrons. The van der Waals surface area contributed by atoms with Crippen molar-refractivity contribution >= 4 is 17.6 Å². The molecule has 1 aromatic carbocycles. The minimum Gasteiger partial charge on any atom is -0.462 e. The van der Waals surface area contributed by atoms with Gasteiger partial charge in [0.2, 0.25) is 5.91 Å². The molecule has 1 atom stereocenters. The highest BCUT2D eigenvalue weighted by atomic mass is 16.5. The molecule has 0 bridgehead atoms. The van der Waals surface area contributed by atoms with Crippen LogP contribution in [0.5, 0.6) is 0 Å². The first-order chi connectivity index (χ1) is 14.7. The topological polar surface area (TPSA) is 89.3 Å². The van der Waals surface area contributed by atoms with Gasteiger partial charge in [0.25, 0.3) is 0 Å². The minimum atomic E-state index is -0.359.